The predicted octanol–water partition coefficient (Wildman–Crippen LogP) is 4.37. The van der Waals surface area contributed by atoms with E-state index in [1.807, 2.05) is 19.9 Å². The third-order valence-corrected chi connectivity index (χ3v) is 5.85. The molecule has 5 nitrogen and oxygen atoms in total. The topological polar surface area (TPSA) is 76.1 Å². The minimum absolute atomic E-state index is 0.117. The molecule has 1 aliphatic carbocycles. The zero-order valence-corrected chi connectivity index (χ0v) is 16.2. The van der Waals surface area contributed by atoms with Gasteiger partial charge in [0, 0.05) is 11.0 Å². The molecule has 146 valence electrons. The second-order valence-corrected chi connectivity index (χ2v) is 8.49. The van der Waals surface area contributed by atoms with E-state index in [0.717, 1.165) is 19.3 Å². The van der Waals surface area contributed by atoms with Gasteiger partial charge >= 0.3 is 11.9 Å². The second kappa shape index (κ2) is 7.47. The van der Waals surface area contributed by atoms with Crippen molar-refractivity contribution in [3.63, 3.8) is 0 Å². The lowest BCUT2D eigenvalue weighted by Crippen LogP contribution is -2.33. The summed E-state index contributed by atoms with van der Waals surface area (Å²) in [5.74, 6) is -1.39. The molecule has 5 heteroatoms. The average molecular weight is 372 g/mol. The van der Waals surface area contributed by atoms with Crippen molar-refractivity contribution in [3.05, 3.63) is 47.5 Å². The molecule has 0 radical (unpaired) electrons. The maximum absolute atomic E-state index is 12.6. The Bertz CT molecular complexity index is 736. The number of carboxylic acids is 1. The van der Waals surface area contributed by atoms with E-state index >= 15 is 0 Å². The Hall–Kier alpha value is -2.14. The third-order valence-electron chi connectivity index (χ3n) is 5.85. The molecule has 0 spiro atoms. The van der Waals surface area contributed by atoms with Gasteiger partial charge in [0.15, 0.2) is 0 Å². The van der Waals surface area contributed by atoms with Crippen molar-refractivity contribution in [3.8, 4) is 0 Å². The molecule has 1 heterocycles. The monoisotopic (exact) mass is 372 g/mol. The number of carbonyl (C=O) groups is 2. The summed E-state index contributed by atoms with van der Waals surface area (Å²) in [7, 11) is 0. The molecule has 0 bridgehead atoms. The minimum Gasteiger partial charge on any atom is -0.478 e. The van der Waals surface area contributed by atoms with Crippen molar-refractivity contribution in [1.82, 2.24) is 0 Å². The van der Waals surface area contributed by atoms with Crippen LogP contribution in [0.25, 0.3) is 0 Å². The number of epoxide rings is 1. The van der Waals surface area contributed by atoms with Gasteiger partial charge in [-0.2, -0.15) is 0 Å². The molecule has 1 fully saturated rings. The van der Waals surface area contributed by atoms with Gasteiger partial charge < -0.3 is 14.6 Å². The summed E-state index contributed by atoms with van der Waals surface area (Å²) in [6.45, 7) is 6.15. The zero-order valence-electron chi connectivity index (χ0n) is 16.2. The van der Waals surface area contributed by atoms with E-state index in [9.17, 15) is 14.7 Å². The zero-order chi connectivity index (χ0) is 19.7. The van der Waals surface area contributed by atoms with Crippen molar-refractivity contribution >= 4 is 11.9 Å². The fraction of sp³-hybridized carbons (Fsp3) is 0.545. The number of esters is 1. The highest BCUT2D eigenvalue weighted by molar-refractivity contribution is 5.90. The molecule has 1 N–H and O–H groups in total. The standard InChI is InChI=1S/C22H28O5/c1-21(2)12-7-13-22(3)17(27-22)11-10-16(19(23)24)14-18(21)26-20(25)15-8-5-4-6-9-15/h4-6,8-9,14,17-18H,7,10-13H2,1-3H3,(H,23,24)/t17-,18+,22-/m0/s1. The average Bonchev–Trinajstić information content (AvgIpc) is 3.26. The highest BCUT2D eigenvalue weighted by atomic mass is 16.6. The first kappa shape index (κ1) is 19.6. The molecule has 0 aromatic heterocycles. The van der Waals surface area contributed by atoms with Crippen molar-refractivity contribution in [2.24, 2.45) is 5.41 Å². The normalized spacial score (nSPS) is 30.3. The first-order valence-electron chi connectivity index (χ1n) is 9.59. The summed E-state index contributed by atoms with van der Waals surface area (Å²) in [5, 5.41) is 9.64. The Morgan fingerprint density at radius 3 is 2.52 bits per heavy atom. The van der Waals surface area contributed by atoms with E-state index in [0.29, 0.717) is 18.4 Å². The fourth-order valence-electron chi connectivity index (χ4n) is 3.82. The first-order valence-corrected chi connectivity index (χ1v) is 9.59. The second-order valence-electron chi connectivity index (χ2n) is 8.49. The summed E-state index contributed by atoms with van der Waals surface area (Å²) in [6, 6.07) is 8.81. The lowest BCUT2D eigenvalue weighted by molar-refractivity contribution is -0.133. The Morgan fingerprint density at radius 1 is 1.15 bits per heavy atom. The van der Waals surface area contributed by atoms with E-state index in [4.69, 9.17) is 9.47 Å². The number of fused-ring (bicyclic) bond motifs is 1. The molecule has 1 aromatic carbocycles. The molecule has 1 aliphatic heterocycles. The molecular formula is C22H28O5. The Morgan fingerprint density at radius 2 is 1.85 bits per heavy atom. The van der Waals surface area contributed by atoms with Gasteiger partial charge in [-0.15, -0.1) is 0 Å². The van der Waals surface area contributed by atoms with Crippen LogP contribution < -0.4 is 0 Å². The Balaban J connectivity index is 1.86. The van der Waals surface area contributed by atoms with Gasteiger partial charge in [0.25, 0.3) is 0 Å². The summed E-state index contributed by atoms with van der Waals surface area (Å²) >= 11 is 0. The Kier molecular flexibility index (Phi) is 5.43. The number of carboxylic acid groups (broad SMARTS) is 1. The van der Waals surface area contributed by atoms with E-state index in [1.165, 1.54) is 0 Å². The lowest BCUT2D eigenvalue weighted by atomic mass is 9.80. The fourth-order valence-corrected chi connectivity index (χ4v) is 3.82. The van der Waals surface area contributed by atoms with Crippen LogP contribution in [-0.2, 0) is 14.3 Å². The molecule has 0 unspecified atom stereocenters. The van der Waals surface area contributed by atoms with Crippen molar-refractivity contribution in [1.29, 1.82) is 0 Å². The molecule has 3 atom stereocenters. The molecule has 0 saturated carbocycles. The SMILES string of the molecule is CC1(C)CCC[C@]2(C)O[C@H]2CCC(C(=O)O)=C[C@H]1OC(=O)c1ccccc1. The van der Waals surface area contributed by atoms with Gasteiger partial charge in [-0.3, -0.25) is 0 Å². The van der Waals surface area contributed by atoms with Gasteiger partial charge in [0.2, 0.25) is 0 Å². The highest BCUT2D eigenvalue weighted by Gasteiger charge is 2.51. The highest BCUT2D eigenvalue weighted by Crippen LogP contribution is 2.45. The quantitative estimate of drug-likeness (QED) is 0.630. The van der Waals surface area contributed by atoms with Crippen LogP contribution in [0.4, 0.5) is 0 Å². The van der Waals surface area contributed by atoms with Crippen LogP contribution in [0.1, 0.15) is 63.2 Å². The molecule has 3 rings (SSSR count). The number of rotatable bonds is 3. The largest absolute Gasteiger partial charge is 0.478 e. The van der Waals surface area contributed by atoms with Gasteiger partial charge in [0.1, 0.15) is 6.10 Å². The van der Waals surface area contributed by atoms with Crippen LogP contribution in [0, 0.1) is 5.41 Å². The third kappa shape index (κ3) is 4.59. The van der Waals surface area contributed by atoms with Gasteiger partial charge in [-0.1, -0.05) is 32.0 Å². The van der Waals surface area contributed by atoms with Gasteiger partial charge in [0.05, 0.1) is 17.3 Å². The number of carbonyl (C=O) groups excluding carboxylic acids is 1. The van der Waals surface area contributed by atoms with Crippen molar-refractivity contribution in [2.75, 3.05) is 0 Å². The predicted molar refractivity (Wildman–Crippen MR) is 102 cm³/mol. The van der Waals surface area contributed by atoms with Crippen molar-refractivity contribution in [2.45, 2.75) is 70.7 Å². The minimum atomic E-state index is -0.965. The van der Waals surface area contributed by atoms with Crippen LogP contribution in [0.5, 0.6) is 0 Å². The lowest BCUT2D eigenvalue weighted by Gasteiger charge is -2.32. The molecule has 1 saturated heterocycles. The van der Waals surface area contributed by atoms with E-state index in [2.05, 4.69) is 6.92 Å². The molecule has 2 aliphatic rings. The number of ether oxygens (including phenoxy) is 2. The van der Waals surface area contributed by atoms with Crippen LogP contribution in [0.15, 0.2) is 42.0 Å². The Labute approximate surface area is 160 Å². The summed E-state index contributed by atoms with van der Waals surface area (Å²) in [4.78, 5) is 24.4. The number of hydrogen-bond donors (Lipinski definition) is 1. The molecule has 1 aromatic rings. The smallest absolute Gasteiger partial charge is 0.338 e. The summed E-state index contributed by atoms with van der Waals surface area (Å²) in [5.41, 5.74) is 0.236. The molecular weight excluding hydrogens is 344 g/mol. The van der Waals surface area contributed by atoms with E-state index in [-0.39, 0.29) is 22.7 Å². The van der Waals surface area contributed by atoms with Gasteiger partial charge in [-0.25, -0.2) is 9.59 Å². The van der Waals surface area contributed by atoms with Crippen molar-refractivity contribution < 1.29 is 24.2 Å². The molecule has 27 heavy (non-hydrogen) atoms. The maximum atomic E-state index is 12.6. The van der Waals surface area contributed by atoms with Crippen LogP contribution in [0.3, 0.4) is 0 Å². The van der Waals surface area contributed by atoms with Crippen LogP contribution in [0.2, 0.25) is 0 Å². The first-order chi connectivity index (χ1) is 12.7. The number of benzene rings is 1. The van der Waals surface area contributed by atoms with Gasteiger partial charge in [-0.05, 0) is 57.2 Å². The molecule has 0 amide bonds. The maximum Gasteiger partial charge on any atom is 0.338 e. The van der Waals surface area contributed by atoms with E-state index in [1.54, 1.807) is 30.3 Å². The van der Waals surface area contributed by atoms with Crippen LogP contribution in [-0.4, -0.2) is 34.9 Å². The van der Waals surface area contributed by atoms with Crippen LogP contribution >= 0.6 is 0 Å². The summed E-state index contributed by atoms with van der Waals surface area (Å²) < 4.78 is 11.6. The number of aliphatic carboxylic acids is 1. The van der Waals surface area contributed by atoms with E-state index < -0.39 is 18.0 Å². The summed E-state index contributed by atoms with van der Waals surface area (Å²) in [6.07, 6.45) is 4.92. The number of hydrogen-bond acceptors (Lipinski definition) is 4.